The van der Waals surface area contributed by atoms with Crippen LogP contribution in [0.4, 0.5) is 5.82 Å². The van der Waals surface area contributed by atoms with Crippen molar-refractivity contribution in [2.75, 3.05) is 52.4 Å². The largest absolute Gasteiger partial charge is 0.497 e. The Labute approximate surface area is 152 Å². The fourth-order valence-electron chi connectivity index (χ4n) is 2.83. The number of hydrogen-bond donors (Lipinski definition) is 0. The van der Waals surface area contributed by atoms with Gasteiger partial charge in [-0.05, 0) is 18.2 Å². The number of benzene rings is 1. The van der Waals surface area contributed by atoms with Gasteiger partial charge in [0.25, 0.3) is 5.91 Å². The van der Waals surface area contributed by atoms with Crippen LogP contribution in [-0.4, -0.2) is 68.3 Å². The molecule has 0 atom stereocenters. The van der Waals surface area contributed by atoms with Crippen molar-refractivity contribution >= 4 is 11.7 Å². The first-order chi connectivity index (χ1) is 12.6. The standard InChI is InChI=1S/C18H22N4O4/c1-24-14-6-4-5-13(11-14)17(23)22-9-7-21(8-10-22)15-12-16(25-2)20-18(19-15)26-3/h4-6,11-12H,7-10H2,1-3H3. The van der Waals surface area contributed by atoms with Crippen LogP contribution in [0.2, 0.25) is 0 Å². The molecule has 0 saturated carbocycles. The Morgan fingerprint density at radius 3 is 2.38 bits per heavy atom. The van der Waals surface area contributed by atoms with Gasteiger partial charge in [0, 0.05) is 37.8 Å². The third kappa shape index (κ3) is 3.79. The summed E-state index contributed by atoms with van der Waals surface area (Å²) in [5, 5.41) is 0. The van der Waals surface area contributed by atoms with Gasteiger partial charge < -0.3 is 24.0 Å². The van der Waals surface area contributed by atoms with Crippen LogP contribution in [0.25, 0.3) is 0 Å². The third-order valence-electron chi connectivity index (χ3n) is 4.27. The van der Waals surface area contributed by atoms with E-state index in [1.54, 1.807) is 32.4 Å². The van der Waals surface area contributed by atoms with E-state index >= 15 is 0 Å². The number of amides is 1. The number of carbonyl (C=O) groups is 1. The van der Waals surface area contributed by atoms with Gasteiger partial charge in [-0.1, -0.05) is 6.07 Å². The second-order valence-electron chi connectivity index (χ2n) is 5.77. The Morgan fingerprint density at radius 1 is 0.962 bits per heavy atom. The van der Waals surface area contributed by atoms with E-state index in [1.165, 1.54) is 7.11 Å². The molecule has 1 aliphatic rings. The maximum Gasteiger partial charge on any atom is 0.321 e. The first-order valence-electron chi connectivity index (χ1n) is 8.30. The Bertz CT molecular complexity index is 753. The summed E-state index contributed by atoms with van der Waals surface area (Å²) in [5.41, 5.74) is 0.628. The number of rotatable bonds is 5. The maximum atomic E-state index is 12.7. The smallest absolute Gasteiger partial charge is 0.321 e. The van der Waals surface area contributed by atoms with E-state index in [9.17, 15) is 4.79 Å². The summed E-state index contributed by atoms with van der Waals surface area (Å²) < 4.78 is 15.5. The highest BCUT2D eigenvalue weighted by molar-refractivity contribution is 5.94. The lowest BCUT2D eigenvalue weighted by atomic mass is 10.1. The summed E-state index contributed by atoms with van der Waals surface area (Å²) in [5.74, 6) is 1.85. The number of nitrogens with zero attached hydrogens (tertiary/aromatic N) is 4. The van der Waals surface area contributed by atoms with Crippen LogP contribution in [0.3, 0.4) is 0 Å². The zero-order valence-electron chi connectivity index (χ0n) is 15.1. The summed E-state index contributed by atoms with van der Waals surface area (Å²) in [4.78, 5) is 25.1. The van der Waals surface area contributed by atoms with Crippen molar-refractivity contribution in [1.29, 1.82) is 0 Å². The van der Waals surface area contributed by atoms with Gasteiger partial charge in [0.2, 0.25) is 5.88 Å². The van der Waals surface area contributed by atoms with Crippen LogP contribution in [0.1, 0.15) is 10.4 Å². The first-order valence-corrected chi connectivity index (χ1v) is 8.30. The Balaban J connectivity index is 1.68. The van der Waals surface area contributed by atoms with Gasteiger partial charge in [-0.3, -0.25) is 4.79 Å². The zero-order chi connectivity index (χ0) is 18.5. The lowest BCUT2D eigenvalue weighted by Crippen LogP contribution is -2.49. The number of piperazine rings is 1. The fourth-order valence-corrected chi connectivity index (χ4v) is 2.83. The van der Waals surface area contributed by atoms with E-state index in [2.05, 4.69) is 14.9 Å². The highest BCUT2D eigenvalue weighted by atomic mass is 16.5. The summed E-state index contributed by atoms with van der Waals surface area (Å²) in [7, 11) is 4.66. The molecular formula is C18H22N4O4. The minimum Gasteiger partial charge on any atom is -0.497 e. The van der Waals surface area contributed by atoms with E-state index in [0.29, 0.717) is 43.4 Å². The number of hydrogen-bond acceptors (Lipinski definition) is 7. The number of methoxy groups -OCH3 is 3. The minimum atomic E-state index is 0.00130. The van der Waals surface area contributed by atoms with Gasteiger partial charge in [-0.15, -0.1) is 0 Å². The molecule has 3 rings (SSSR count). The summed E-state index contributed by atoms with van der Waals surface area (Å²) in [6.45, 7) is 2.54. The predicted molar refractivity (Wildman–Crippen MR) is 96.2 cm³/mol. The lowest BCUT2D eigenvalue weighted by molar-refractivity contribution is 0.0746. The van der Waals surface area contributed by atoms with Crippen molar-refractivity contribution in [2.45, 2.75) is 0 Å². The van der Waals surface area contributed by atoms with E-state index < -0.39 is 0 Å². The van der Waals surface area contributed by atoms with Gasteiger partial charge in [0.05, 0.1) is 21.3 Å². The second kappa shape index (κ2) is 7.90. The molecule has 138 valence electrons. The molecule has 2 heterocycles. The van der Waals surface area contributed by atoms with E-state index in [0.717, 1.165) is 5.82 Å². The number of aromatic nitrogens is 2. The highest BCUT2D eigenvalue weighted by Gasteiger charge is 2.24. The van der Waals surface area contributed by atoms with E-state index in [-0.39, 0.29) is 11.9 Å². The molecule has 1 saturated heterocycles. The molecule has 26 heavy (non-hydrogen) atoms. The Morgan fingerprint density at radius 2 is 1.73 bits per heavy atom. The lowest BCUT2D eigenvalue weighted by Gasteiger charge is -2.35. The summed E-state index contributed by atoms with van der Waals surface area (Å²) >= 11 is 0. The van der Waals surface area contributed by atoms with Crippen LogP contribution < -0.4 is 19.1 Å². The van der Waals surface area contributed by atoms with Crippen molar-refractivity contribution in [3.8, 4) is 17.6 Å². The third-order valence-corrected chi connectivity index (χ3v) is 4.27. The second-order valence-corrected chi connectivity index (χ2v) is 5.77. The number of anilines is 1. The Hall–Kier alpha value is -3.03. The number of carbonyl (C=O) groups excluding carboxylic acids is 1. The molecule has 0 aliphatic carbocycles. The highest BCUT2D eigenvalue weighted by Crippen LogP contribution is 2.22. The minimum absolute atomic E-state index is 0.00130. The number of ether oxygens (including phenoxy) is 3. The average molecular weight is 358 g/mol. The molecule has 1 fully saturated rings. The summed E-state index contributed by atoms with van der Waals surface area (Å²) in [6, 6.07) is 9.23. The molecule has 8 heteroatoms. The van der Waals surface area contributed by atoms with Crippen LogP contribution in [0.15, 0.2) is 30.3 Å². The van der Waals surface area contributed by atoms with Crippen molar-refractivity contribution in [1.82, 2.24) is 14.9 Å². The molecule has 2 aromatic rings. The quantitative estimate of drug-likeness (QED) is 0.801. The van der Waals surface area contributed by atoms with Crippen molar-refractivity contribution in [2.24, 2.45) is 0 Å². The van der Waals surface area contributed by atoms with Crippen LogP contribution >= 0.6 is 0 Å². The van der Waals surface area contributed by atoms with E-state index in [4.69, 9.17) is 14.2 Å². The van der Waals surface area contributed by atoms with Gasteiger partial charge in [-0.25, -0.2) is 0 Å². The molecule has 0 spiro atoms. The zero-order valence-corrected chi connectivity index (χ0v) is 15.1. The molecule has 8 nitrogen and oxygen atoms in total. The monoisotopic (exact) mass is 358 g/mol. The van der Waals surface area contributed by atoms with Gasteiger partial charge >= 0.3 is 6.01 Å². The SMILES string of the molecule is COc1cccc(C(=O)N2CCN(c3cc(OC)nc(OC)n3)CC2)c1. The van der Waals surface area contributed by atoms with Crippen molar-refractivity contribution in [3.05, 3.63) is 35.9 Å². The predicted octanol–water partition coefficient (Wildman–Crippen LogP) is 1.46. The maximum absolute atomic E-state index is 12.7. The van der Waals surface area contributed by atoms with Crippen LogP contribution in [0, 0.1) is 0 Å². The average Bonchev–Trinajstić information content (AvgIpc) is 2.72. The Kier molecular flexibility index (Phi) is 5.40. The summed E-state index contributed by atoms with van der Waals surface area (Å²) in [6.07, 6.45) is 0. The molecule has 1 aromatic heterocycles. The first kappa shape index (κ1) is 17.8. The molecule has 1 aromatic carbocycles. The van der Waals surface area contributed by atoms with Crippen LogP contribution in [-0.2, 0) is 0 Å². The fraction of sp³-hybridized carbons (Fsp3) is 0.389. The molecule has 0 unspecified atom stereocenters. The molecule has 0 N–H and O–H groups in total. The van der Waals surface area contributed by atoms with Crippen molar-refractivity contribution < 1.29 is 19.0 Å². The van der Waals surface area contributed by atoms with Gasteiger partial charge in [0.1, 0.15) is 11.6 Å². The van der Waals surface area contributed by atoms with E-state index in [1.807, 2.05) is 17.0 Å². The molecule has 1 aliphatic heterocycles. The van der Waals surface area contributed by atoms with Gasteiger partial charge in [-0.2, -0.15) is 9.97 Å². The molecule has 1 amide bonds. The topological polar surface area (TPSA) is 77.0 Å². The molecular weight excluding hydrogens is 336 g/mol. The van der Waals surface area contributed by atoms with Crippen LogP contribution in [0.5, 0.6) is 17.6 Å². The molecule has 0 bridgehead atoms. The van der Waals surface area contributed by atoms with Crippen molar-refractivity contribution in [3.63, 3.8) is 0 Å². The van der Waals surface area contributed by atoms with Gasteiger partial charge in [0.15, 0.2) is 0 Å². The normalized spacial score (nSPS) is 14.1. The molecule has 0 radical (unpaired) electrons.